The van der Waals surface area contributed by atoms with Gasteiger partial charge in [0.15, 0.2) is 5.37 Å². The molecule has 212 valence electrons. The lowest BCUT2D eigenvalue weighted by atomic mass is 10.0. The Bertz CT molecular complexity index is 921. The van der Waals surface area contributed by atoms with Gasteiger partial charge < -0.3 is 25.4 Å². The summed E-state index contributed by atoms with van der Waals surface area (Å²) in [7, 11) is 0. The number of carbonyl (C=O) groups excluding carboxylic acids is 4. The minimum Gasteiger partial charge on any atom is -0.459 e. The Hall–Kier alpha value is -2.66. The van der Waals surface area contributed by atoms with Crippen LogP contribution in [0.5, 0.6) is 0 Å². The molecule has 0 fully saturated rings. The van der Waals surface area contributed by atoms with Crippen LogP contribution < -0.4 is 16.0 Å². The summed E-state index contributed by atoms with van der Waals surface area (Å²) < 4.78 is 10.5. The molecule has 0 aliphatic rings. The average molecular weight is 568 g/mol. The van der Waals surface area contributed by atoms with Gasteiger partial charge in [0.05, 0.1) is 0 Å². The van der Waals surface area contributed by atoms with Crippen LogP contribution >= 0.6 is 23.5 Å². The number of amides is 3. The highest BCUT2D eigenvalue weighted by Gasteiger charge is 2.31. The van der Waals surface area contributed by atoms with Crippen molar-refractivity contribution in [3.8, 4) is 0 Å². The topological polar surface area (TPSA) is 123 Å². The first kappa shape index (κ1) is 33.4. The van der Waals surface area contributed by atoms with Crippen LogP contribution in [0.25, 0.3) is 0 Å². The molecule has 3 N–H and O–H groups in total. The van der Waals surface area contributed by atoms with Crippen molar-refractivity contribution in [1.82, 2.24) is 16.0 Å². The second-order valence-corrected chi connectivity index (χ2v) is 12.1. The third-order valence-electron chi connectivity index (χ3n) is 4.79. The van der Waals surface area contributed by atoms with Crippen molar-refractivity contribution in [2.24, 2.45) is 5.92 Å². The van der Waals surface area contributed by atoms with Crippen molar-refractivity contribution >= 4 is 47.4 Å². The third-order valence-corrected chi connectivity index (χ3v) is 6.52. The molecule has 0 radical (unpaired) electrons. The van der Waals surface area contributed by atoms with Crippen molar-refractivity contribution < 1.29 is 28.7 Å². The molecule has 9 nitrogen and oxygen atoms in total. The summed E-state index contributed by atoms with van der Waals surface area (Å²) >= 11 is 2.66. The predicted molar refractivity (Wildman–Crippen MR) is 153 cm³/mol. The SMILES string of the molecule is C=CCOC(=O)[C@@H](NC(=O)[C@H](CC(C)C)NC(=O)[C@H](CCSC)NC(=O)OC(C)(C)C)Sc1ccccc1. The van der Waals surface area contributed by atoms with Crippen LogP contribution in [0.15, 0.2) is 47.9 Å². The van der Waals surface area contributed by atoms with Gasteiger partial charge in [-0.15, -0.1) is 0 Å². The summed E-state index contributed by atoms with van der Waals surface area (Å²) in [6, 6.07) is 7.29. The molecule has 1 rings (SSSR count). The molecule has 0 saturated carbocycles. The molecule has 0 aliphatic heterocycles. The van der Waals surface area contributed by atoms with Crippen LogP contribution in [-0.4, -0.2) is 65.6 Å². The quantitative estimate of drug-likeness (QED) is 0.125. The van der Waals surface area contributed by atoms with E-state index in [9.17, 15) is 19.2 Å². The van der Waals surface area contributed by atoms with E-state index >= 15 is 0 Å². The Balaban J connectivity index is 3.06. The number of carbonyl (C=O) groups is 4. The Labute approximate surface area is 234 Å². The van der Waals surface area contributed by atoms with E-state index in [0.717, 1.165) is 16.7 Å². The summed E-state index contributed by atoms with van der Waals surface area (Å²) in [6.45, 7) is 12.6. The minimum absolute atomic E-state index is 0.000166. The van der Waals surface area contributed by atoms with Crippen molar-refractivity contribution in [2.75, 3.05) is 18.6 Å². The molecule has 3 amide bonds. The van der Waals surface area contributed by atoms with E-state index in [1.807, 2.05) is 50.4 Å². The molecule has 11 heteroatoms. The van der Waals surface area contributed by atoms with E-state index in [1.54, 1.807) is 20.8 Å². The van der Waals surface area contributed by atoms with Gasteiger partial charge in [-0.05, 0) is 63.7 Å². The monoisotopic (exact) mass is 567 g/mol. The molecule has 0 aromatic heterocycles. The molecule has 0 bridgehead atoms. The minimum atomic E-state index is -1.04. The number of ether oxygens (including phenoxy) is 2. The van der Waals surface area contributed by atoms with Gasteiger partial charge in [-0.2, -0.15) is 11.8 Å². The zero-order chi connectivity index (χ0) is 28.7. The maximum absolute atomic E-state index is 13.4. The molecule has 0 heterocycles. The van der Waals surface area contributed by atoms with Crippen LogP contribution in [0.3, 0.4) is 0 Å². The fraction of sp³-hybridized carbons (Fsp3) is 0.556. The summed E-state index contributed by atoms with van der Waals surface area (Å²) in [6.07, 6.45) is 3.30. The first-order valence-corrected chi connectivity index (χ1v) is 14.7. The van der Waals surface area contributed by atoms with Crippen molar-refractivity contribution in [3.05, 3.63) is 43.0 Å². The number of nitrogens with one attached hydrogen (secondary N) is 3. The van der Waals surface area contributed by atoms with Gasteiger partial charge >= 0.3 is 12.1 Å². The van der Waals surface area contributed by atoms with E-state index in [1.165, 1.54) is 17.8 Å². The molecule has 0 aliphatic carbocycles. The lowest BCUT2D eigenvalue weighted by Crippen LogP contribution is -2.56. The Morgan fingerprint density at radius 3 is 2.18 bits per heavy atom. The second kappa shape index (κ2) is 17.0. The predicted octanol–water partition coefficient (Wildman–Crippen LogP) is 4.13. The Kier molecular flexibility index (Phi) is 15.0. The molecule has 3 atom stereocenters. The van der Waals surface area contributed by atoms with Gasteiger partial charge in [-0.1, -0.05) is 56.5 Å². The molecule has 0 spiro atoms. The van der Waals surface area contributed by atoms with Crippen molar-refractivity contribution in [2.45, 2.75) is 75.4 Å². The number of esters is 1. The van der Waals surface area contributed by atoms with Gasteiger partial charge in [0.1, 0.15) is 24.3 Å². The van der Waals surface area contributed by atoms with Crippen LogP contribution in [0, 0.1) is 5.92 Å². The number of hydrogen-bond donors (Lipinski definition) is 3. The highest BCUT2D eigenvalue weighted by Crippen LogP contribution is 2.23. The molecular weight excluding hydrogens is 526 g/mol. The van der Waals surface area contributed by atoms with Crippen LogP contribution in [0.4, 0.5) is 4.79 Å². The van der Waals surface area contributed by atoms with Gasteiger partial charge in [-0.3, -0.25) is 9.59 Å². The molecular formula is C27H41N3O6S2. The lowest BCUT2D eigenvalue weighted by molar-refractivity contribution is -0.144. The molecule has 1 aromatic carbocycles. The first-order valence-electron chi connectivity index (χ1n) is 12.4. The van der Waals surface area contributed by atoms with Gasteiger partial charge in [-0.25, -0.2) is 9.59 Å². The van der Waals surface area contributed by atoms with Crippen LogP contribution in [0.1, 0.15) is 47.5 Å². The zero-order valence-electron chi connectivity index (χ0n) is 23.1. The summed E-state index contributed by atoms with van der Waals surface area (Å²) in [5.74, 6) is -1.00. The Morgan fingerprint density at radius 1 is 1.00 bits per heavy atom. The van der Waals surface area contributed by atoms with Gasteiger partial charge in [0.2, 0.25) is 11.8 Å². The fourth-order valence-corrected chi connectivity index (χ4v) is 4.54. The Morgan fingerprint density at radius 2 is 1.63 bits per heavy atom. The number of benzene rings is 1. The normalized spacial score (nSPS) is 13.6. The lowest BCUT2D eigenvalue weighted by Gasteiger charge is -2.26. The summed E-state index contributed by atoms with van der Waals surface area (Å²) in [5, 5.41) is 7.07. The van der Waals surface area contributed by atoms with Crippen molar-refractivity contribution in [3.63, 3.8) is 0 Å². The van der Waals surface area contributed by atoms with E-state index in [2.05, 4.69) is 22.5 Å². The van der Waals surface area contributed by atoms with Crippen LogP contribution in [0.2, 0.25) is 0 Å². The molecule has 0 unspecified atom stereocenters. The van der Waals surface area contributed by atoms with E-state index < -0.39 is 46.9 Å². The number of thioether (sulfide) groups is 2. The first-order chi connectivity index (χ1) is 17.9. The molecule has 0 saturated heterocycles. The second-order valence-electron chi connectivity index (χ2n) is 9.91. The maximum atomic E-state index is 13.4. The van der Waals surface area contributed by atoms with E-state index in [-0.39, 0.29) is 12.5 Å². The fourth-order valence-electron chi connectivity index (χ4n) is 3.15. The highest BCUT2D eigenvalue weighted by atomic mass is 32.2. The number of alkyl carbamates (subject to hydrolysis) is 1. The number of rotatable bonds is 15. The smallest absolute Gasteiger partial charge is 0.408 e. The molecule has 38 heavy (non-hydrogen) atoms. The van der Waals surface area contributed by atoms with Gasteiger partial charge in [0, 0.05) is 4.90 Å². The zero-order valence-corrected chi connectivity index (χ0v) is 24.7. The molecule has 1 aromatic rings. The average Bonchev–Trinajstić information content (AvgIpc) is 2.83. The van der Waals surface area contributed by atoms with E-state index in [4.69, 9.17) is 9.47 Å². The standard InChI is InChI=1S/C27H41N3O6S2/c1-8-15-35-25(33)24(38-19-12-10-9-11-13-19)30-23(32)21(17-18(2)3)28-22(31)20(14-16-37-7)29-26(34)36-27(4,5)6/h8-13,18,20-21,24H,1,14-17H2,2-7H3,(H,28,31)(H,29,34)(H,30,32)/t20-,21-,24-/m0/s1. The third kappa shape index (κ3) is 13.8. The maximum Gasteiger partial charge on any atom is 0.408 e. The highest BCUT2D eigenvalue weighted by molar-refractivity contribution is 8.00. The summed E-state index contributed by atoms with van der Waals surface area (Å²) in [5.41, 5.74) is -0.726. The van der Waals surface area contributed by atoms with Gasteiger partial charge in [0.25, 0.3) is 0 Å². The summed E-state index contributed by atoms with van der Waals surface area (Å²) in [4.78, 5) is 52.4. The van der Waals surface area contributed by atoms with E-state index in [0.29, 0.717) is 18.6 Å². The largest absolute Gasteiger partial charge is 0.459 e. The van der Waals surface area contributed by atoms with Crippen molar-refractivity contribution in [1.29, 1.82) is 0 Å². The van der Waals surface area contributed by atoms with Crippen LogP contribution in [-0.2, 0) is 23.9 Å². The number of hydrogen-bond acceptors (Lipinski definition) is 8.